The van der Waals surface area contributed by atoms with Gasteiger partial charge in [-0.25, -0.2) is 0 Å². The molecule has 0 amide bonds. The number of ether oxygens (including phenoxy) is 2. The summed E-state index contributed by atoms with van der Waals surface area (Å²) in [4.78, 5) is 1.25. The van der Waals surface area contributed by atoms with Gasteiger partial charge in [-0.3, -0.25) is 0 Å². The fraction of sp³-hybridized carbons (Fsp3) is 0.455. The molecule has 1 rings (SSSR count). The number of benzene rings is 1. The molecule has 1 aromatic rings. The van der Waals surface area contributed by atoms with Crippen LogP contribution in [-0.2, 0) is 9.47 Å². The van der Waals surface area contributed by atoms with E-state index in [9.17, 15) is 0 Å². The Balaban J connectivity index is 2.34. The maximum atomic E-state index is 5.12. The molecule has 0 bridgehead atoms. The summed E-state index contributed by atoms with van der Waals surface area (Å²) in [5.41, 5.74) is 0. The van der Waals surface area contributed by atoms with Crippen molar-refractivity contribution in [2.24, 2.45) is 0 Å². The largest absolute Gasteiger partial charge is 0.356 e. The van der Waals surface area contributed by atoms with Crippen LogP contribution in [0.15, 0.2) is 33.6 Å². The molecule has 0 heterocycles. The molecule has 15 heavy (non-hydrogen) atoms. The summed E-state index contributed by atoms with van der Waals surface area (Å²) in [5, 5.41) is 0. The molecule has 0 radical (unpaired) electrons. The molecule has 0 spiro atoms. The number of rotatable bonds is 6. The first-order valence-corrected chi connectivity index (χ1v) is 6.48. The van der Waals surface area contributed by atoms with Crippen LogP contribution in [0.3, 0.4) is 0 Å². The van der Waals surface area contributed by atoms with E-state index < -0.39 is 0 Å². The van der Waals surface area contributed by atoms with Gasteiger partial charge in [0, 0.05) is 35.8 Å². The first-order chi connectivity index (χ1) is 7.27. The minimum atomic E-state index is -0.0972. The lowest BCUT2D eigenvalue weighted by Crippen LogP contribution is -2.13. The van der Waals surface area contributed by atoms with Gasteiger partial charge in [0.15, 0.2) is 6.29 Å². The highest BCUT2D eigenvalue weighted by atomic mass is 79.9. The summed E-state index contributed by atoms with van der Waals surface area (Å²) in [6.07, 6.45) is 0.791. The van der Waals surface area contributed by atoms with Crippen molar-refractivity contribution in [1.82, 2.24) is 0 Å². The van der Waals surface area contributed by atoms with E-state index in [2.05, 4.69) is 22.0 Å². The standard InChI is InChI=1S/C11H15BrO2S/c1-13-11(14-2)7-8-15-10-6-4-3-5-9(10)12/h3-6,11H,7-8H2,1-2H3. The van der Waals surface area contributed by atoms with Crippen LogP contribution in [-0.4, -0.2) is 26.3 Å². The average molecular weight is 291 g/mol. The fourth-order valence-corrected chi connectivity index (χ4v) is 2.70. The van der Waals surface area contributed by atoms with Gasteiger partial charge in [-0.1, -0.05) is 12.1 Å². The number of thioether (sulfide) groups is 1. The molecule has 1 aromatic carbocycles. The highest BCUT2D eigenvalue weighted by molar-refractivity contribution is 9.10. The molecule has 0 unspecified atom stereocenters. The van der Waals surface area contributed by atoms with Crippen molar-refractivity contribution in [3.63, 3.8) is 0 Å². The SMILES string of the molecule is COC(CCSc1ccccc1Br)OC. The van der Waals surface area contributed by atoms with Gasteiger partial charge in [0.2, 0.25) is 0 Å². The fourth-order valence-electron chi connectivity index (χ4n) is 1.16. The molecule has 0 fully saturated rings. The molecule has 0 atom stereocenters. The summed E-state index contributed by atoms with van der Waals surface area (Å²) in [5.74, 6) is 0.981. The lowest BCUT2D eigenvalue weighted by atomic mass is 10.4. The Labute approximate surface area is 103 Å². The smallest absolute Gasteiger partial charge is 0.157 e. The quantitative estimate of drug-likeness (QED) is 0.590. The molecule has 4 heteroatoms. The highest BCUT2D eigenvalue weighted by Crippen LogP contribution is 2.27. The Hall–Kier alpha value is -0.0300. The minimum absolute atomic E-state index is 0.0972. The molecule has 0 aliphatic carbocycles. The van der Waals surface area contributed by atoms with Crippen LogP contribution in [0.5, 0.6) is 0 Å². The zero-order valence-electron chi connectivity index (χ0n) is 8.90. The molecule has 0 saturated carbocycles. The van der Waals surface area contributed by atoms with Crippen LogP contribution < -0.4 is 0 Å². The Morgan fingerprint density at radius 3 is 2.53 bits per heavy atom. The van der Waals surface area contributed by atoms with E-state index in [1.54, 1.807) is 26.0 Å². The monoisotopic (exact) mass is 290 g/mol. The Morgan fingerprint density at radius 1 is 1.27 bits per heavy atom. The van der Waals surface area contributed by atoms with E-state index in [1.807, 2.05) is 18.2 Å². The third-order valence-electron chi connectivity index (χ3n) is 1.97. The van der Waals surface area contributed by atoms with E-state index >= 15 is 0 Å². The Bertz CT molecular complexity index is 290. The number of hydrogen-bond donors (Lipinski definition) is 0. The molecule has 2 nitrogen and oxygen atoms in total. The van der Waals surface area contributed by atoms with Crippen molar-refractivity contribution < 1.29 is 9.47 Å². The Morgan fingerprint density at radius 2 is 1.93 bits per heavy atom. The van der Waals surface area contributed by atoms with Crippen LogP contribution >= 0.6 is 27.7 Å². The molecule has 0 aliphatic heterocycles. The van der Waals surface area contributed by atoms with E-state index in [1.165, 1.54) is 4.90 Å². The zero-order chi connectivity index (χ0) is 11.1. The van der Waals surface area contributed by atoms with Crippen LogP contribution in [0.2, 0.25) is 0 Å². The maximum absolute atomic E-state index is 5.12. The van der Waals surface area contributed by atoms with Gasteiger partial charge >= 0.3 is 0 Å². The summed E-state index contributed by atoms with van der Waals surface area (Å²) < 4.78 is 11.4. The number of methoxy groups -OCH3 is 2. The van der Waals surface area contributed by atoms with Crippen molar-refractivity contribution in [3.05, 3.63) is 28.7 Å². The predicted octanol–water partition coefficient (Wildman–Crippen LogP) is 3.55. The molecule has 0 aliphatic rings. The van der Waals surface area contributed by atoms with E-state index in [4.69, 9.17) is 9.47 Å². The van der Waals surface area contributed by atoms with E-state index in [0.717, 1.165) is 16.6 Å². The first kappa shape index (κ1) is 13.0. The van der Waals surface area contributed by atoms with Gasteiger partial charge in [-0.15, -0.1) is 11.8 Å². The molecule has 0 N–H and O–H groups in total. The zero-order valence-corrected chi connectivity index (χ0v) is 11.3. The number of halogens is 1. The van der Waals surface area contributed by atoms with Gasteiger partial charge < -0.3 is 9.47 Å². The average Bonchev–Trinajstić information content (AvgIpc) is 2.27. The second-order valence-corrected chi connectivity index (χ2v) is 4.96. The summed E-state index contributed by atoms with van der Waals surface area (Å²) in [6, 6.07) is 8.20. The summed E-state index contributed by atoms with van der Waals surface area (Å²) in [6.45, 7) is 0. The summed E-state index contributed by atoms with van der Waals surface area (Å²) in [7, 11) is 3.33. The topological polar surface area (TPSA) is 18.5 Å². The van der Waals surface area contributed by atoms with Crippen molar-refractivity contribution in [3.8, 4) is 0 Å². The van der Waals surface area contributed by atoms with Gasteiger partial charge in [-0.2, -0.15) is 0 Å². The van der Waals surface area contributed by atoms with Gasteiger partial charge in [-0.05, 0) is 28.1 Å². The number of hydrogen-bond acceptors (Lipinski definition) is 3. The minimum Gasteiger partial charge on any atom is -0.356 e. The van der Waals surface area contributed by atoms with Crippen molar-refractivity contribution in [2.45, 2.75) is 17.6 Å². The molecule has 0 aromatic heterocycles. The maximum Gasteiger partial charge on any atom is 0.157 e. The van der Waals surface area contributed by atoms with Gasteiger partial charge in [0.1, 0.15) is 0 Å². The molecule has 0 saturated heterocycles. The molecular formula is C11H15BrO2S. The van der Waals surface area contributed by atoms with Crippen LogP contribution in [0.25, 0.3) is 0 Å². The van der Waals surface area contributed by atoms with Crippen LogP contribution in [0.1, 0.15) is 6.42 Å². The van der Waals surface area contributed by atoms with Crippen molar-refractivity contribution in [1.29, 1.82) is 0 Å². The molecular weight excluding hydrogens is 276 g/mol. The van der Waals surface area contributed by atoms with Crippen LogP contribution in [0.4, 0.5) is 0 Å². The predicted molar refractivity (Wildman–Crippen MR) is 67.3 cm³/mol. The highest BCUT2D eigenvalue weighted by Gasteiger charge is 2.05. The lowest BCUT2D eigenvalue weighted by Gasteiger charge is -2.12. The third-order valence-corrected chi connectivity index (χ3v) is 4.03. The second kappa shape index (κ2) is 7.28. The summed E-state index contributed by atoms with van der Waals surface area (Å²) >= 11 is 5.31. The Kier molecular flexibility index (Phi) is 6.32. The van der Waals surface area contributed by atoms with Gasteiger partial charge in [0.25, 0.3) is 0 Å². The van der Waals surface area contributed by atoms with Gasteiger partial charge in [0.05, 0.1) is 0 Å². The third kappa shape index (κ3) is 4.55. The normalized spacial score (nSPS) is 10.9. The molecule has 84 valence electrons. The van der Waals surface area contributed by atoms with Crippen molar-refractivity contribution >= 4 is 27.7 Å². The lowest BCUT2D eigenvalue weighted by molar-refractivity contribution is -0.102. The van der Waals surface area contributed by atoms with Crippen molar-refractivity contribution in [2.75, 3.05) is 20.0 Å². The first-order valence-electron chi connectivity index (χ1n) is 4.71. The van der Waals surface area contributed by atoms with E-state index in [-0.39, 0.29) is 6.29 Å². The van der Waals surface area contributed by atoms with Crippen LogP contribution in [0, 0.1) is 0 Å². The second-order valence-electron chi connectivity index (χ2n) is 2.97. The van der Waals surface area contributed by atoms with E-state index in [0.29, 0.717) is 0 Å².